The minimum absolute atomic E-state index is 0.0512. The summed E-state index contributed by atoms with van der Waals surface area (Å²) in [4.78, 5) is 19.4. The van der Waals surface area contributed by atoms with Crippen LogP contribution in [0.2, 0.25) is 0 Å². The fraction of sp³-hybridized carbons (Fsp3) is 0.480. The van der Waals surface area contributed by atoms with Crippen molar-refractivity contribution in [3.63, 3.8) is 0 Å². The van der Waals surface area contributed by atoms with Crippen molar-refractivity contribution in [1.82, 2.24) is 9.80 Å². The second-order valence-electron chi connectivity index (χ2n) is 8.76. The molecule has 2 amide bonds. The number of anilines is 2. The molecular formula is C25H34N4O2. The number of benzene rings is 2. The van der Waals surface area contributed by atoms with Crippen molar-refractivity contribution in [2.24, 2.45) is 0 Å². The number of rotatable bonds is 5. The van der Waals surface area contributed by atoms with E-state index >= 15 is 0 Å². The van der Waals surface area contributed by atoms with E-state index in [-0.39, 0.29) is 11.8 Å². The lowest BCUT2D eigenvalue weighted by molar-refractivity contribution is 0.184. The van der Waals surface area contributed by atoms with Gasteiger partial charge in [-0.3, -0.25) is 4.90 Å². The number of phenolic OH excluding ortho intramolecular Hbond substituents is 1. The largest absolute Gasteiger partial charge is 0.506 e. The first-order valence-corrected chi connectivity index (χ1v) is 11.5. The van der Waals surface area contributed by atoms with E-state index in [1.807, 2.05) is 41.3 Å². The van der Waals surface area contributed by atoms with Crippen molar-refractivity contribution in [3.8, 4) is 5.75 Å². The number of hydrogen-bond acceptors (Lipinski definition) is 4. The number of carbonyl (C=O) groups is 1. The summed E-state index contributed by atoms with van der Waals surface area (Å²) in [7, 11) is 2.20. The maximum atomic E-state index is 13.0. The lowest BCUT2D eigenvalue weighted by atomic mass is 9.94. The minimum atomic E-state index is -0.0512. The van der Waals surface area contributed by atoms with Gasteiger partial charge in [0.2, 0.25) is 0 Å². The number of nitrogens with zero attached hydrogens (tertiary/aromatic N) is 3. The molecule has 1 aliphatic heterocycles. The van der Waals surface area contributed by atoms with Crippen LogP contribution in [0.15, 0.2) is 48.5 Å². The van der Waals surface area contributed by atoms with Gasteiger partial charge < -0.3 is 20.2 Å². The van der Waals surface area contributed by atoms with Crippen LogP contribution in [0.4, 0.5) is 16.2 Å². The average molecular weight is 423 g/mol. The summed E-state index contributed by atoms with van der Waals surface area (Å²) < 4.78 is 0. The van der Waals surface area contributed by atoms with Gasteiger partial charge in [-0.2, -0.15) is 0 Å². The molecule has 1 aliphatic carbocycles. The molecule has 2 fully saturated rings. The first-order chi connectivity index (χ1) is 15.1. The lowest BCUT2D eigenvalue weighted by Gasteiger charge is -2.36. The van der Waals surface area contributed by atoms with E-state index in [0.717, 1.165) is 23.5 Å². The molecule has 0 radical (unpaired) electrons. The summed E-state index contributed by atoms with van der Waals surface area (Å²) in [6, 6.07) is 16.1. The standard InChI is InChI=1S/C25H34N4O2/c1-27(21-10-3-2-4-11-21)19-20-9-5-6-12-22(20)26-25(31)29-17-15-28(16-18-29)23-13-7-8-14-24(23)30/h5-9,12-14,21,30H,2-4,10-11,15-19H2,1H3,(H,26,31). The second kappa shape index (κ2) is 10.1. The number of nitrogens with one attached hydrogen (secondary N) is 1. The van der Waals surface area contributed by atoms with Crippen LogP contribution in [0, 0.1) is 0 Å². The summed E-state index contributed by atoms with van der Waals surface area (Å²) in [6.07, 6.45) is 6.53. The van der Waals surface area contributed by atoms with Crippen LogP contribution in [0.1, 0.15) is 37.7 Å². The Balaban J connectivity index is 1.34. The van der Waals surface area contributed by atoms with Crippen molar-refractivity contribution >= 4 is 17.4 Å². The molecule has 4 rings (SSSR count). The van der Waals surface area contributed by atoms with Crippen LogP contribution in [0.25, 0.3) is 0 Å². The van der Waals surface area contributed by atoms with Gasteiger partial charge in [-0.1, -0.05) is 49.6 Å². The zero-order chi connectivity index (χ0) is 21.6. The molecule has 2 aromatic rings. The maximum Gasteiger partial charge on any atom is 0.321 e. The third-order valence-corrected chi connectivity index (χ3v) is 6.67. The van der Waals surface area contributed by atoms with Gasteiger partial charge in [-0.15, -0.1) is 0 Å². The summed E-state index contributed by atoms with van der Waals surface area (Å²) in [5.74, 6) is 0.288. The Kier molecular flexibility index (Phi) is 6.97. The smallest absolute Gasteiger partial charge is 0.321 e. The van der Waals surface area contributed by atoms with E-state index in [9.17, 15) is 9.90 Å². The van der Waals surface area contributed by atoms with Crippen LogP contribution in [-0.2, 0) is 6.54 Å². The Morgan fingerprint density at radius 1 is 1.00 bits per heavy atom. The van der Waals surface area contributed by atoms with E-state index in [1.54, 1.807) is 6.07 Å². The highest BCUT2D eigenvalue weighted by molar-refractivity contribution is 5.90. The van der Waals surface area contributed by atoms with Gasteiger partial charge in [0, 0.05) is 44.5 Å². The number of phenols is 1. The first-order valence-electron chi connectivity index (χ1n) is 11.5. The van der Waals surface area contributed by atoms with Gasteiger partial charge in [0.15, 0.2) is 0 Å². The Bertz CT molecular complexity index is 873. The Labute approximate surface area is 185 Å². The molecule has 0 spiro atoms. The second-order valence-corrected chi connectivity index (χ2v) is 8.76. The molecule has 0 unspecified atom stereocenters. The van der Waals surface area contributed by atoms with Crippen molar-refractivity contribution in [1.29, 1.82) is 0 Å². The van der Waals surface area contributed by atoms with Crippen LogP contribution < -0.4 is 10.2 Å². The molecule has 166 valence electrons. The lowest BCUT2D eigenvalue weighted by Crippen LogP contribution is -2.50. The van der Waals surface area contributed by atoms with Gasteiger partial charge >= 0.3 is 6.03 Å². The molecule has 0 atom stereocenters. The molecule has 1 saturated carbocycles. The molecule has 2 aliphatic rings. The van der Waals surface area contributed by atoms with Crippen LogP contribution in [-0.4, -0.2) is 60.2 Å². The van der Waals surface area contributed by atoms with Crippen molar-refractivity contribution in [3.05, 3.63) is 54.1 Å². The van der Waals surface area contributed by atoms with Crippen LogP contribution in [0.5, 0.6) is 5.75 Å². The van der Waals surface area contributed by atoms with Gasteiger partial charge in [0.1, 0.15) is 5.75 Å². The van der Waals surface area contributed by atoms with Crippen molar-refractivity contribution < 1.29 is 9.90 Å². The van der Waals surface area contributed by atoms with E-state index in [0.29, 0.717) is 32.2 Å². The summed E-state index contributed by atoms with van der Waals surface area (Å²) >= 11 is 0. The molecule has 0 aromatic heterocycles. The highest BCUT2D eigenvalue weighted by Gasteiger charge is 2.24. The highest BCUT2D eigenvalue weighted by atomic mass is 16.3. The summed E-state index contributed by atoms with van der Waals surface area (Å²) in [5, 5.41) is 13.2. The first kappa shape index (κ1) is 21.5. The van der Waals surface area contributed by atoms with E-state index < -0.39 is 0 Å². The maximum absolute atomic E-state index is 13.0. The van der Waals surface area contributed by atoms with Gasteiger partial charge in [0.25, 0.3) is 0 Å². The zero-order valence-corrected chi connectivity index (χ0v) is 18.5. The van der Waals surface area contributed by atoms with Crippen molar-refractivity contribution in [2.75, 3.05) is 43.4 Å². The Hall–Kier alpha value is -2.73. The molecular weight excluding hydrogens is 388 g/mol. The zero-order valence-electron chi connectivity index (χ0n) is 18.5. The molecule has 31 heavy (non-hydrogen) atoms. The molecule has 1 saturated heterocycles. The highest BCUT2D eigenvalue weighted by Crippen LogP contribution is 2.28. The van der Waals surface area contributed by atoms with E-state index in [2.05, 4.69) is 28.2 Å². The number of hydrogen-bond donors (Lipinski definition) is 2. The van der Waals surface area contributed by atoms with Gasteiger partial charge in [-0.05, 0) is 43.7 Å². The fourth-order valence-electron chi connectivity index (χ4n) is 4.78. The Morgan fingerprint density at radius 3 is 2.42 bits per heavy atom. The number of urea groups is 1. The summed E-state index contributed by atoms with van der Waals surface area (Å²) in [5.41, 5.74) is 2.90. The monoisotopic (exact) mass is 422 g/mol. The molecule has 6 nitrogen and oxygen atoms in total. The SMILES string of the molecule is CN(Cc1ccccc1NC(=O)N1CCN(c2ccccc2O)CC1)C1CCCCC1. The molecule has 0 bridgehead atoms. The summed E-state index contributed by atoms with van der Waals surface area (Å²) in [6.45, 7) is 3.52. The van der Waals surface area contributed by atoms with Gasteiger partial charge in [0.05, 0.1) is 5.69 Å². The van der Waals surface area contributed by atoms with Crippen LogP contribution in [0.3, 0.4) is 0 Å². The van der Waals surface area contributed by atoms with Crippen LogP contribution >= 0.6 is 0 Å². The average Bonchev–Trinajstić information content (AvgIpc) is 2.81. The van der Waals surface area contributed by atoms with Gasteiger partial charge in [-0.25, -0.2) is 4.79 Å². The number of piperazine rings is 1. The predicted molar refractivity (Wildman–Crippen MR) is 126 cm³/mol. The molecule has 2 aromatic carbocycles. The number of para-hydroxylation sites is 3. The molecule has 2 N–H and O–H groups in total. The van der Waals surface area contributed by atoms with E-state index in [4.69, 9.17) is 0 Å². The normalized spacial score (nSPS) is 17.7. The minimum Gasteiger partial charge on any atom is -0.506 e. The number of carbonyl (C=O) groups excluding carboxylic acids is 1. The predicted octanol–water partition coefficient (Wildman–Crippen LogP) is 4.51. The fourth-order valence-corrected chi connectivity index (χ4v) is 4.78. The number of amides is 2. The quantitative estimate of drug-likeness (QED) is 0.744. The number of aromatic hydroxyl groups is 1. The third kappa shape index (κ3) is 5.31. The Morgan fingerprint density at radius 2 is 1.68 bits per heavy atom. The molecule has 1 heterocycles. The third-order valence-electron chi connectivity index (χ3n) is 6.67. The van der Waals surface area contributed by atoms with Crippen molar-refractivity contribution in [2.45, 2.75) is 44.7 Å². The van der Waals surface area contributed by atoms with E-state index in [1.165, 1.54) is 32.1 Å². The topological polar surface area (TPSA) is 59.1 Å². The molecule has 6 heteroatoms.